The molecule has 0 atom stereocenters. The molecule has 1 rings (SSSR count). The highest BCUT2D eigenvalue weighted by Crippen LogP contribution is 2.23. The number of hydrogen-bond donors (Lipinski definition) is 1. The Morgan fingerprint density at radius 1 is 1.17 bits per heavy atom. The van der Waals surface area contributed by atoms with Crippen molar-refractivity contribution in [3.8, 4) is 5.75 Å². The normalized spacial score (nSPS) is 11.7. The van der Waals surface area contributed by atoms with Crippen LogP contribution in [-0.4, -0.2) is 18.8 Å². The van der Waals surface area contributed by atoms with Gasteiger partial charge in [0.15, 0.2) is 17.4 Å². The molecule has 0 heterocycles. The second kappa shape index (κ2) is 6.09. The zero-order chi connectivity index (χ0) is 13.8. The first-order valence-electron chi connectivity index (χ1n) is 5.75. The third-order valence-corrected chi connectivity index (χ3v) is 2.20. The van der Waals surface area contributed by atoms with Gasteiger partial charge in [-0.3, -0.25) is 0 Å². The predicted octanol–water partition coefficient (Wildman–Crippen LogP) is 3.20. The van der Waals surface area contributed by atoms with E-state index in [2.05, 4.69) is 10.1 Å². The Bertz CT molecular complexity index is 379. The summed E-state index contributed by atoms with van der Waals surface area (Å²) in [4.78, 5) is 0. The number of alkyl halides is 1. The second-order valence-electron chi connectivity index (χ2n) is 5.03. The number of benzene rings is 1. The molecule has 0 aliphatic heterocycles. The molecule has 0 aliphatic carbocycles. The number of ether oxygens (including phenoxy) is 1. The summed E-state index contributed by atoms with van der Waals surface area (Å²) < 4.78 is 43.6. The van der Waals surface area contributed by atoms with Gasteiger partial charge in [0.2, 0.25) is 0 Å². The van der Waals surface area contributed by atoms with Crippen LogP contribution in [-0.2, 0) is 6.54 Å². The molecule has 102 valence electrons. The highest BCUT2D eigenvalue weighted by molar-refractivity contribution is 5.31. The van der Waals surface area contributed by atoms with Crippen LogP contribution in [0.4, 0.5) is 13.2 Å². The summed E-state index contributed by atoms with van der Waals surface area (Å²) in [6.07, 6.45) is 0. The van der Waals surface area contributed by atoms with E-state index in [0.29, 0.717) is 12.1 Å². The van der Waals surface area contributed by atoms with E-state index in [0.717, 1.165) is 0 Å². The molecule has 5 heteroatoms. The molecule has 0 aromatic heterocycles. The van der Waals surface area contributed by atoms with Gasteiger partial charge in [0, 0.05) is 12.1 Å². The van der Waals surface area contributed by atoms with Crippen LogP contribution < -0.4 is 10.1 Å². The van der Waals surface area contributed by atoms with Crippen LogP contribution in [0.3, 0.4) is 0 Å². The van der Waals surface area contributed by atoms with E-state index < -0.39 is 24.1 Å². The lowest BCUT2D eigenvalue weighted by atomic mass is 10.1. The minimum Gasteiger partial charge on any atom is -0.485 e. The molecule has 0 fully saturated rings. The average Bonchev–Trinajstić information content (AvgIpc) is 2.24. The number of hydrogen-bond acceptors (Lipinski definition) is 2. The highest BCUT2D eigenvalue weighted by Gasteiger charge is 2.14. The lowest BCUT2D eigenvalue weighted by Gasteiger charge is -2.20. The molecule has 0 unspecified atom stereocenters. The van der Waals surface area contributed by atoms with Gasteiger partial charge in [0.05, 0.1) is 0 Å². The SMILES string of the molecule is CC(C)(C)NCc1cc(F)c(OCCF)c(F)c1. The van der Waals surface area contributed by atoms with E-state index in [1.54, 1.807) is 0 Å². The highest BCUT2D eigenvalue weighted by atomic mass is 19.1. The molecule has 18 heavy (non-hydrogen) atoms. The minimum atomic E-state index is -0.811. The van der Waals surface area contributed by atoms with Gasteiger partial charge in [-0.1, -0.05) is 0 Å². The molecule has 1 aromatic carbocycles. The monoisotopic (exact) mass is 261 g/mol. The first kappa shape index (κ1) is 14.8. The molecule has 0 saturated heterocycles. The first-order chi connectivity index (χ1) is 8.33. The van der Waals surface area contributed by atoms with Crippen LogP contribution in [0.2, 0.25) is 0 Å². The number of nitrogens with one attached hydrogen (secondary N) is 1. The van der Waals surface area contributed by atoms with Crippen LogP contribution in [0.15, 0.2) is 12.1 Å². The van der Waals surface area contributed by atoms with Gasteiger partial charge in [-0.25, -0.2) is 13.2 Å². The molecule has 0 bridgehead atoms. The molecule has 0 radical (unpaired) electrons. The van der Waals surface area contributed by atoms with E-state index in [4.69, 9.17) is 0 Å². The average molecular weight is 261 g/mol. The predicted molar refractivity (Wildman–Crippen MR) is 64.4 cm³/mol. The summed E-state index contributed by atoms with van der Waals surface area (Å²) in [6.45, 7) is 5.08. The fourth-order valence-electron chi connectivity index (χ4n) is 1.36. The Hall–Kier alpha value is -1.23. The summed E-state index contributed by atoms with van der Waals surface area (Å²) in [7, 11) is 0. The fourth-order valence-corrected chi connectivity index (χ4v) is 1.36. The van der Waals surface area contributed by atoms with Gasteiger partial charge in [0.1, 0.15) is 13.3 Å². The number of rotatable bonds is 5. The minimum absolute atomic E-state index is 0.143. The summed E-state index contributed by atoms with van der Waals surface area (Å²) in [5.74, 6) is -2.14. The topological polar surface area (TPSA) is 21.3 Å². The molecule has 0 amide bonds. The summed E-state index contributed by atoms with van der Waals surface area (Å²) in [5.41, 5.74) is 0.337. The molecule has 0 aliphatic rings. The summed E-state index contributed by atoms with van der Waals surface area (Å²) in [6, 6.07) is 2.38. The van der Waals surface area contributed by atoms with Gasteiger partial charge >= 0.3 is 0 Å². The number of halogens is 3. The van der Waals surface area contributed by atoms with E-state index >= 15 is 0 Å². The van der Waals surface area contributed by atoms with E-state index in [9.17, 15) is 13.2 Å². The van der Waals surface area contributed by atoms with Crippen LogP contribution in [0.25, 0.3) is 0 Å². The van der Waals surface area contributed by atoms with E-state index in [-0.39, 0.29) is 12.1 Å². The van der Waals surface area contributed by atoms with Gasteiger partial charge in [-0.05, 0) is 38.5 Å². The van der Waals surface area contributed by atoms with Crippen LogP contribution in [0.1, 0.15) is 26.3 Å². The van der Waals surface area contributed by atoms with Crippen molar-refractivity contribution >= 4 is 0 Å². The smallest absolute Gasteiger partial charge is 0.190 e. The fraction of sp³-hybridized carbons (Fsp3) is 0.538. The van der Waals surface area contributed by atoms with E-state index in [1.807, 2.05) is 20.8 Å². The van der Waals surface area contributed by atoms with Crippen LogP contribution in [0, 0.1) is 11.6 Å². The van der Waals surface area contributed by atoms with Crippen molar-refractivity contribution in [2.75, 3.05) is 13.3 Å². The Morgan fingerprint density at radius 3 is 2.17 bits per heavy atom. The summed E-state index contributed by atoms with van der Waals surface area (Å²) >= 11 is 0. The largest absolute Gasteiger partial charge is 0.485 e. The molecule has 0 spiro atoms. The van der Waals surface area contributed by atoms with Crippen molar-refractivity contribution in [3.05, 3.63) is 29.3 Å². The third kappa shape index (κ3) is 4.56. The van der Waals surface area contributed by atoms with Crippen molar-refractivity contribution in [2.24, 2.45) is 0 Å². The van der Waals surface area contributed by atoms with E-state index in [1.165, 1.54) is 12.1 Å². The maximum Gasteiger partial charge on any atom is 0.190 e. The van der Waals surface area contributed by atoms with Gasteiger partial charge in [-0.2, -0.15) is 0 Å². The Kier molecular flexibility index (Phi) is 5.02. The molecule has 1 N–H and O–H groups in total. The van der Waals surface area contributed by atoms with Crippen molar-refractivity contribution in [2.45, 2.75) is 32.9 Å². The molecular weight excluding hydrogens is 243 g/mol. The zero-order valence-electron chi connectivity index (χ0n) is 10.8. The van der Waals surface area contributed by atoms with Crippen molar-refractivity contribution in [1.29, 1.82) is 0 Å². The lowest BCUT2D eigenvalue weighted by Crippen LogP contribution is -2.35. The Labute approximate surface area is 105 Å². The Morgan fingerprint density at radius 2 is 1.72 bits per heavy atom. The molecular formula is C13H18F3NO. The van der Waals surface area contributed by atoms with Gasteiger partial charge in [-0.15, -0.1) is 0 Å². The maximum atomic E-state index is 13.5. The van der Waals surface area contributed by atoms with Crippen LogP contribution >= 0.6 is 0 Å². The quantitative estimate of drug-likeness (QED) is 0.878. The second-order valence-corrected chi connectivity index (χ2v) is 5.03. The van der Waals surface area contributed by atoms with Gasteiger partial charge in [0.25, 0.3) is 0 Å². The molecule has 1 aromatic rings. The first-order valence-corrected chi connectivity index (χ1v) is 5.75. The summed E-state index contributed by atoms with van der Waals surface area (Å²) in [5, 5.41) is 3.12. The Balaban J connectivity index is 2.79. The molecule has 2 nitrogen and oxygen atoms in total. The van der Waals surface area contributed by atoms with Crippen molar-refractivity contribution in [3.63, 3.8) is 0 Å². The van der Waals surface area contributed by atoms with Crippen molar-refractivity contribution < 1.29 is 17.9 Å². The molecule has 0 saturated carbocycles. The maximum absolute atomic E-state index is 13.5. The van der Waals surface area contributed by atoms with Gasteiger partial charge < -0.3 is 10.1 Å². The zero-order valence-corrected chi connectivity index (χ0v) is 10.8. The lowest BCUT2D eigenvalue weighted by molar-refractivity contribution is 0.251. The third-order valence-electron chi connectivity index (χ3n) is 2.20. The van der Waals surface area contributed by atoms with Crippen LogP contribution in [0.5, 0.6) is 5.75 Å². The van der Waals surface area contributed by atoms with Crippen molar-refractivity contribution in [1.82, 2.24) is 5.32 Å². The standard InChI is InChI=1S/C13H18F3NO/c1-13(2,3)17-8-9-6-10(15)12(11(16)7-9)18-5-4-14/h6-7,17H,4-5,8H2,1-3H3.